The molecule has 3 heterocycles. The van der Waals surface area contributed by atoms with Gasteiger partial charge in [0.15, 0.2) is 5.65 Å². The minimum atomic E-state index is 0.0550. The first-order valence-corrected chi connectivity index (χ1v) is 7.89. The first kappa shape index (κ1) is 15.0. The predicted octanol–water partition coefficient (Wildman–Crippen LogP) is 1.52. The molecule has 1 N–H and O–H groups in total. The molecule has 0 spiro atoms. The molecule has 1 atom stereocenters. The molecule has 22 heavy (non-hydrogen) atoms. The van der Waals surface area contributed by atoms with Crippen molar-refractivity contribution in [3.63, 3.8) is 0 Å². The van der Waals surface area contributed by atoms with Crippen molar-refractivity contribution in [2.75, 3.05) is 19.6 Å². The lowest BCUT2D eigenvalue weighted by Gasteiger charge is -2.31. The van der Waals surface area contributed by atoms with Gasteiger partial charge >= 0.3 is 0 Å². The topological polar surface area (TPSA) is 63.1 Å². The van der Waals surface area contributed by atoms with Crippen LogP contribution in [0.2, 0.25) is 0 Å². The molecule has 3 rings (SSSR count). The van der Waals surface area contributed by atoms with Crippen LogP contribution in [-0.4, -0.2) is 51.2 Å². The first-order chi connectivity index (χ1) is 10.5. The van der Waals surface area contributed by atoms with Crippen molar-refractivity contribution in [2.45, 2.75) is 33.4 Å². The summed E-state index contributed by atoms with van der Waals surface area (Å²) in [7, 11) is 0. The van der Waals surface area contributed by atoms with E-state index in [4.69, 9.17) is 0 Å². The molecule has 1 fully saturated rings. The Morgan fingerprint density at radius 2 is 2.27 bits per heavy atom. The summed E-state index contributed by atoms with van der Waals surface area (Å²) < 4.78 is 1.90. The summed E-state index contributed by atoms with van der Waals surface area (Å²) in [6, 6.07) is 2.24. The van der Waals surface area contributed by atoms with Crippen LogP contribution in [0.1, 0.15) is 31.1 Å². The fourth-order valence-electron chi connectivity index (χ4n) is 2.87. The average molecular weight is 301 g/mol. The van der Waals surface area contributed by atoms with Gasteiger partial charge in [0.2, 0.25) is 0 Å². The van der Waals surface area contributed by atoms with Crippen LogP contribution < -0.4 is 5.32 Å². The number of carbonyl (C=O) groups excluding carboxylic acids is 1. The molecule has 0 bridgehead atoms. The van der Waals surface area contributed by atoms with Gasteiger partial charge in [-0.1, -0.05) is 13.8 Å². The molecule has 1 aliphatic rings. The summed E-state index contributed by atoms with van der Waals surface area (Å²) in [6.45, 7) is 9.55. The standard InChI is InChI=1S/C16H23N5O/c1-11(2)9-21-15-13(8-19-21)6-14(7-18-15)16(22)20-5-4-17-12(3)10-20/h6-8,11-12,17H,4-5,9-10H2,1-3H3/t12-/m0/s1. The van der Waals surface area contributed by atoms with E-state index >= 15 is 0 Å². The maximum absolute atomic E-state index is 12.6. The third-order valence-electron chi connectivity index (χ3n) is 3.92. The van der Waals surface area contributed by atoms with Gasteiger partial charge in [-0.25, -0.2) is 9.67 Å². The molecular weight excluding hydrogens is 278 g/mol. The number of piperazine rings is 1. The Labute approximate surface area is 130 Å². The van der Waals surface area contributed by atoms with Gasteiger partial charge in [-0.05, 0) is 18.9 Å². The number of carbonyl (C=O) groups is 1. The number of rotatable bonds is 3. The molecule has 6 heteroatoms. The van der Waals surface area contributed by atoms with Crippen LogP contribution in [0, 0.1) is 5.92 Å². The van der Waals surface area contributed by atoms with Gasteiger partial charge in [0.25, 0.3) is 5.91 Å². The summed E-state index contributed by atoms with van der Waals surface area (Å²) in [5.74, 6) is 0.563. The second kappa shape index (κ2) is 6.04. The normalized spacial score (nSPS) is 19.1. The molecule has 0 saturated carbocycles. The molecule has 1 saturated heterocycles. The average Bonchev–Trinajstić information content (AvgIpc) is 2.88. The van der Waals surface area contributed by atoms with Crippen molar-refractivity contribution < 1.29 is 4.79 Å². The summed E-state index contributed by atoms with van der Waals surface area (Å²) >= 11 is 0. The summed E-state index contributed by atoms with van der Waals surface area (Å²) in [6.07, 6.45) is 3.47. The van der Waals surface area contributed by atoms with Gasteiger partial charge in [-0.15, -0.1) is 0 Å². The molecule has 2 aromatic rings. The summed E-state index contributed by atoms with van der Waals surface area (Å²) in [5.41, 5.74) is 1.49. The third-order valence-corrected chi connectivity index (χ3v) is 3.92. The quantitative estimate of drug-likeness (QED) is 0.933. The van der Waals surface area contributed by atoms with Gasteiger partial charge in [0.05, 0.1) is 11.8 Å². The molecule has 118 valence electrons. The SMILES string of the molecule is CC(C)Cn1ncc2cc(C(=O)N3CCN[C@@H](C)C3)cnc21. The van der Waals surface area contributed by atoms with E-state index in [-0.39, 0.29) is 5.91 Å². The zero-order valence-corrected chi connectivity index (χ0v) is 13.4. The molecule has 6 nitrogen and oxygen atoms in total. The van der Waals surface area contributed by atoms with Crippen molar-refractivity contribution in [1.29, 1.82) is 0 Å². The maximum Gasteiger partial charge on any atom is 0.255 e. The lowest BCUT2D eigenvalue weighted by molar-refractivity contribution is 0.0709. The van der Waals surface area contributed by atoms with E-state index in [0.29, 0.717) is 17.5 Å². The summed E-state index contributed by atoms with van der Waals surface area (Å²) in [5, 5.41) is 8.65. The van der Waals surface area contributed by atoms with E-state index in [1.54, 1.807) is 12.4 Å². The van der Waals surface area contributed by atoms with E-state index < -0.39 is 0 Å². The number of amides is 1. The molecule has 1 amide bonds. The zero-order chi connectivity index (χ0) is 15.7. The number of fused-ring (bicyclic) bond motifs is 1. The monoisotopic (exact) mass is 301 g/mol. The highest BCUT2D eigenvalue weighted by Crippen LogP contribution is 2.16. The number of pyridine rings is 1. The lowest BCUT2D eigenvalue weighted by Crippen LogP contribution is -2.51. The van der Waals surface area contributed by atoms with Crippen LogP contribution in [0.3, 0.4) is 0 Å². The zero-order valence-electron chi connectivity index (χ0n) is 13.4. The Bertz CT molecular complexity index is 678. The molecule has 0 radical (unpaired) electrons. The van der Waals surface area contributed by atoms with Gasteiger partial charge in [-0.2, -0.15) is 5.10 Å². The lowest BCUT2D eigenvalue weighted by atomic mass is 10.1. The Kier molecular flexibility index (Phi) is 4.11. The van der Waals surface area contributed by atoms with Gasteiger partial charge < -0.3 is 10.2 Å². The Morgan fingerprint density at radius 3 is 3.00 bits per heavy atom. The highest BCUT2D eigenvalue weighted by atomic mass is 16.2. The van der Waals surface area contributed by atoms with Crippen LogP contribution in [-0.2, 0) is 6.54 Å². The minimum Gasteiger partial charge on any atom is -0.336 e. The fraction of sp³-hybridized carbons (Fsp3) is 0.562. The van der Waals surface area contributed by atoms with E-state index in [2.05, 4.69) is 36.2 Å². The van der Waals surface area contributed by atoms with E-state index in [0.717, 1.165) is 37.2 Å². The van der Waals surface area contributed by atoms with Gasteiger partial charge in [0.1, 0.15) is 0 Å². The number of aromatic nitrogens is 3. The molecular formula is C16H23N5O. The highest BCUT2D eigenvalue weighted by Gasteiger charge is 2.22. The van der Waals surface area contributed by atoms with Crippen molar-refractivity contribution >= 4 is 16.9 Å². The first-order valence-electron chi connectivity index (χ1n) is 7.89. The summed E-state index contributed by atoms with van der Waals surface area (Å²) in [4.78, 5) is 19.0. The van der Waals surface area contributed by atoms with Crippen LogP contribution >= 0.6 is 0 Å². The van der Waals surface area contributed by atoms with Crippen molar-refractivity contribution in [3.05, 3.63) is 24.0 Å². The minimum absolute atomic E-state index is 0.0550. The maximum atomic E-state index is 12.6. The van der Waals surface area contributed by atoms with Crippen LogP contribution in [0.5, 0.6) is 0 Å². The van der Waals surface area contributed by atoms with E-state index in [1.165, 1.54) is 0 Å². The van der Waals surface area contributed by atoms with Crippen molar-refractivity contribution in [3.8, 4) is 0 Å². The number of hydrogen-bond acceptors (Lipinski definition) is 4. The van der Waals surface area contributed by atoms with Crippen LogP contribution in [0.4, 0.5) is 0 Å². The molecule has 2 aromatic heterocycles. The van der Waals surface area contributed by atoms with Gasteiger partial charge in [0, 0.05) is 43.8 Å². The third kappa shape index (κ3) is 2.97. The van der Waals surface area contributed by atoms with E-state index in [9.17, 15) is 4.79 Å². The highest BCUT2D eigenvalue weighted by molar-refractivity contribution is 5.96. The fourth-order valence-corrected chi connectivity index (χ4v) is 2.87. The molecule has 0 aromatic carbocycles. The Balaban J connectivity index is 1.84. The molecule has 0 aliphatic carbocycles. The number of hydrogen-bond donors (Lipinski definition) is 1. The Morgan fingerprint density at radius 1 is 1.45 bits per heavy atom. The van der Waals surface area contributed by atoms with Gasteiger partial charge in [-0.3, -0.25) is 4.79 Å². The second-order valence-corrected chi connectivity index (χ2v) is 6.46. The predicted molar refractivity (Wildman–Crippen MR) is 85.7 cm³/mol. The van der Waals surface area contributed by atoms with Crippen molar-refractivity contribution in [1.82, 2.24) is 25.0 Å². The smallest absolute Gasteiger partial charge is 0.255 e. The second-order valence-electron chi connectivity index (χ2n) is 6.46. The van der Waals surface area contributed by atoms with Crippen LogP contribution in [0.15, 0.2) is 18.5 Å². The number of nitrogens with zero attached hydrogens (tertiary/aromatic N) is 4. The molecule has 0 unspecified atom stereocenters. The molecule has 1 aliphatic heterocycles. The number of nitrogens with one attached hydrogen (secondary N) is 1. The largest absolute Gasteiger partial charge is 0.336 e. The van der Waals surface area contributed by atoms with E-state index in [1.807, 2.05) is 15.6 Å². The Hall–Kier alpha value is -1.95. The van der Waals surface area contributed by atoms with Crippen molar-refractivity contribution in [2.24, 2.45) is 5.92 Å². The van der Waals surface area contributed by atoms with Crippen LogP contribution in [0.25, 0.3) is 11.0 Å².